The molecular weight excluding hydrogens is 250 g/mol. The van der Waals surface area contributed by atoms with Crippen LogP contribution >= 0.6 is 0 Å². The summed E-state index contributed by atoms with van der Waals surface area (Å²) in [6.45, 7) is -0.593. The van der Waals surface area contributed by atoms with Crippen molar-refractivity contribution in [3.63, 3.8) is 0 Å². The van der Waals surface area contributed by atoms with Crippen molar-refractivity contribution in [3.8, 4) is 0 Å². The summed E-state index contributed by atoms with van der Waals surface area (Å²) in [5.41, 5.74) is -3.16. The van der Waals surface area contributed by atoms with Crippen LogP contribution in [0, 0.1) is 0 Å². The number of aromatic nitrogens is 3. The normalized spacial score (nSPS) is 31.7. The molecule has 5 N–H and O–H groups in total. The molecule has 0 spiro atoms. The summed E-state index contributed by atoms with van der Waals surface area (Å²) in [6.07, 6.45) is -5.63. The second-order valence-corrected chi connectivity index (χ2v) is 3.79. The fourth-order valence-corrected chi connectivity index (χ4v) is 1.76. The van der Waals surface area contributed by atoms with E-state index in [2.05, 4.69) is 0 Å². The first kappa shape index (κ1) is 12.7. The number of nitrogens with zero attached hydrogens (tertiary/aromatic N) is 1. The van der Waals surface area contributed by atoms with Crippen LogP contribution in [0.2, 0.25) is 0 Å². The Hall–Kier alpha value is -1.75. The summed E-state index contributed by atoms with van der Waals surface area (Å²) in [4.78, 5) is 37.3. The number of hydrogen-bond donors (Lipinski definition) is 5. The van der Waals surface area contributed by atoms with Crippen LogP contribution in [0.3, 0.4) is 0 Å². The highest BCUT2D eigenvalue weighted by atomic mass is 16.6. The van der Waals surface area contributed by atoms with Crippen molar-refractivity contribution in [2.75, 3.05) is 6.61 Å². The van der Waals surface area contributed by atoms with Gasteiger partial charge in [0.15, 0.2) is 6.23 Å². The molecule has 100 valence electrons. The van der Waals surface area contributed by atoms with Crippen LogP contribution in [0.15, 0.2) is 14.4 Å². The largest absolute Gasteiger partial charge is 0.394 e. The first-order valence-electron chi connectivity index (χ1n) is 5.03. The molecule has 0 radical (unpaired) electrons. The summed E-state index contributed by atoms with van der Waals surface area (Å²) < 4.78 is 5.42. The lowest BCUT2D eigenvalue weighted by Gasteiger charge is -2.15. The van der Waals surface area contributed by atoms with Crippen LogP contribution in [-0.2, 0) is 4.74 Å². The first-order valence-corrected chi connectivity index (χ1v) is 5.03. The van der Waals surface area contributed by atoms with E-state index in [1.54, 1.807) is 9.97 Å². The summed E-state index contributed by atoms with van der Waals surface area (Å²) >= 11 is 0. The van der Waals surface area contributed by atoms with Crippen LogP contribution in [-0.4, -0.2) is 54.8 Å². The number of nitrogens with one attached hydrogen (secondary N) is 2. The Morgan fingerprint density at radius 1 is 1.11 bits per heavy atom. The minimum absolute atomic E-state index is 0.422. The van der Waals surface area contributed by atoms with Crippen molar-refractivity contribution in [1.82, 2.24) is 14.5 Å². The molecule has 18 heavy (non-hydrogen) atoms. The average molecular weight is 261 g/mol. The zero-order valence-corrected chi connectivity index (χ0v) is 8.94. The number of rotatable bonds is 2. The highest BCUT2D eigenvalue weighted by Crippen LogP contribution is 2.26. The second-order valence-electron chi connectivity index (χ2n) is 3.79. The van der Waals surface area contributed by atoms with Crippen molar-refractivity contribution < 1.29 is 20.1 Å². The van der Waals surface area contributed by atoms with Crippen molar-refractivity contribution in [2.45, 2.75) is 24.5 Å². The van der Waals surface area contributed by atoms with Crippen LogP contribution in [0.4, 0.5) is 0 Å². The second kappa shape index (κ2) is 4.49. The Balaban J connectivity index is 2.48. The van der Waals surface area contributed by atoms with Gasteiger partial charge in [-0.25, -0.2) is 19.0 Å². The highest BCUT2D eigenvalue weighted by molar-refractivity contribution is 4.90. The molecule has 0 saturated carbocycles. The zero-order chi connectivity index (χ0) is 13.4. The maximum atomic E-state index is 11.4. The molecule has 4 atom stereocenters. The third kappa shape index (κ3) is 1.90. The molecule has 0 bridgehead atoms. The molecule has 0 aliphatic carbocycles. The molecule has 1 fully saturated rings. The van der Waals surface area contributed by atoms with Gasteiger partial charge in [-0.1, -0.05) is 0 Å². The number of H-pyrrole nitrogens is 2. The predicted molar refractivity (Wildman–Crippen MR) is 55.0 cm³/mol. The maximum Gasteiger partial charge on any atom is 0.335 e. The lowest BCUT2D eigenvalue weighted by molar-refractivity contribution is -0.0572. The van der Waals surface area contributed by atoms with E-state index in [4.69, 9.17) is 9.84 Å². The number of aliphatic hydroxyl groups is 3. The van der Waals surface area contributed by atoms with Crippen LogP contribution in [0.25, 0.3) is 0 Å². The van der Waals surface area contributed by atoms with E-state index in [0.29, 0.717) is 4.57 Å². The monoisotopic (exact) mass is 261 g/mol. The van der Waals surface area contributed by atoms with Crippen LogP contribution < -0.4 is 17.1 Å². The van der Waals surface area contributed by atoms with Gasteiger partial charge in [-0.15, -0.1) is 0 Å². The predicted octanol–water partition coefficient (Wildman–Crippen LogP) is -4.16. The molecule has 1 aliphatic heterocycles. The van der Waals surface area contributed by atoms with E-state index < -0.39 is 48.2 Å². The van der Waals surface area contributed by atoms with Gasteiger partial charge in [-0.3, -0.25) is 9.97 Å². The third-order valence-electron chi connectivity index (χ3n) is 2.65. The first-order chi connectivity index (χ1) is 8.45. The van der Waals surface area contributed by atoms with Gasteiger partial charge in [0.05, 0.1) is 6.61 Å². The molecule has 0 unspecified atom stereocenters. The van der Waals surface area contributed by atoms with Gasteiger partial charge in [0.25, 0.3) is 0 Å². The van der Waals surface area contributed by atoms with Gasteiger partial charge in [-0.2, -0.15) is 0 Å². The van der Waals surface area contributed by atoms with Gasteiger partial charge >= 0.3 is 17.1 Å². The molecule has 1 aromatic heterocycles. The molecule has 10 heteroatoms. The average Bonchev–Trinajstić information content (AvgIpc) is 2.56. The molecule has 1 aliphatic rings. The molecule has 1 aromatic rings. The smallest absolute Gasteiger partial charge is 0.335 e. The van der Waals surface area contributed by atoms with E-state index >= 15 is 0 Å². The quantitative estimate of drug-likeness (QED) is 0.361. The van der Waals surface area contributed by atoms with Crippen LogP contribution in [0.1, 0.15) is 6.23 Å². The molecule has 0 amide bonds. The van der Waals surface area contributed by atoms with E-state index in [9.17, 15) is 24.6 Å². The SMILES string of the molecule is O=c1[nH]c(=O)n([C@@H]2O[C@@H](CO)[C@@H](O)[C@@H]2O)c(=O)[nH]1. The van der Waals surface area contributed by atoms with E-state index in [1.165, 1.54) is 0 Å². The van der Waals surface area contributed by atoms with Crippen LogP contribution in [0.5, 0.6) is 0 Å². The molecule has 2 heterocycles. The summed E-state index contributed by atoms with van der Waals surface area (Å²) in [6, 6.07) is 0. The topological polar surface area (TPSA) is 158 Å². The molecule has 10 nitrogen and oxygen atoms in total. The highest BCUT2D eigenvalue weighted by Gasteiger charge is 2.44. The minimum atomic E-state index is -1.58. The number of aromatic amines is 2. The molecule has 2 rings (SSSR count). The van der Waals surface area contributed by atoms with E-state index in [-0.39, 0.29) is 0 Å². The van der Waals surface area contributed by atoms with E-state index in [1.807, 2.05) is 0 Å². The van der Waals surface area contributed by atoms with Gasteiger partial charge in [0.2, 0.25) is 0 Å². The van der Waals surface area contributed by atoms with Gasteiger partial charge in [0, 0.05) is 0 Å². The number of hydrogen-bond acceptors (Lipinski definition) is 7. The van der Waals surface area contributed by atoms with Crippen molar-refractivity contribution in [3.05, 3.63) is 31.5 Å². The van der Waals surface area contributed by atoms with E-state index in [0.717, 1.165) is 0 Å². The Labute approximate surface area is 98.1 Å². The lowest BCUT2D eigenvalue weighted by Crippen LogP contribution is -2.47. The Bertz CT molecular complexity index is 567. The lowest BCUT2D eigenvalue weighted by atomic mass is 10.1. The Morgan fingerprint density at radius 3 is 2.11 bits per heavy atom. The van der Waals surface area contributed by atoms with Gasteiger partial charge < -0.3 is 20.1 Å². The number of aliphatic hydroxyl groups excluding tert-OH is 3. The van der Waals surface area contributed by atoms with Gasteiger partial charge in [0.1, 0.15) is 18.3 Å². The van der Waals surface area contributed by atoms with Gasteiger partial charge in [-0.05, 0) is 0 Å². The molecule has 1 saturated heterocycles. The zero-order valence-electron chi connectivity index (χ0n) is 8.94. The summed E-state index contributed by atoms with van der Waals surface area (Å²) in [7, 11) is 0. The van der Waals surface area contributed by atoms with Crippen molar-refractivity contribution in [1.29, 1.82) is 0 Å². The van der Waals surface area contributed by atoms with Crippen molar-refractivity contribution >= 4 is 0 Å². The maximum absolute atomic E-state index is 11.4. The molecular formula is C8H11N3O7. The molecule has 0 aromatic carbocycles. The Kier molecular flexibility index (Phi) is 3.17. The van der Waals surface area contributed by atoms with Crippen molar-refractivity contribution in [2.24, 2.45) is 0 Å². The fraction of sp³-hybridized carbons (Fsp3) is 0.625. The summed E-state index contributed by atoms with van der Waals surface area (Å²) in [5.74, 6) is 0. The standard InChI is InChI=1S/C8H11N3O7/c12-1-2-3(13)4(14)5(18-2)11-7(16)9-6(15)10-8(11)17/h2-5,12-14H,1H2,(H2,9,10,15,16,17)/t2-,3+,4-,5+/m0/s1. The number of ether oxygens (including phenoxy) is 1. The fourth-order valence-electron chi connectivity index (χ4n) is 1.76. The third-order valence-corrected chi connectivity index (χ3v) is 2.65. The Morgan fingerprint density at radius 2 is 1.67 bits per heavy atom. The summed E-state index contributed by atoms with van der Waals surface area (Å²) in [5, 5.41) is 28.0. The minimum Gasteiger partial charge on any atom is -0.394 e.